The standard InChI is InChI=1S/C4H11NO3P/c1-9(7)8-4(6)2-3-5/h4,6H,2-3,5H2,1H3/q+1. The first-order valence-corrected chi connectivity index (χ1v) is 4.25. The van der Waals surface area contributed by atoms with Gasteiger partial charge in [-0.05, 0) is 11.1 Å². The Hall–Kier alpha value is -0.0200. The third-order valence-corrected chi connectivity index (χ3v) is 1.22. The van der Waals surface area contributed by atoms with Gasteiger partial charge in [-0.2, -0.15) is 0 Å². The molecule has 2 unspecified atom stereocenters. The van der Waals surface area contributed by atoms with Gasteiger partial charge in [0.2, 0.25) is 6.29 Å². The summed E-state index contributed by atoms with van der Waals surface area (Å²) in [5.41, 5.74) is 5.07. The molecule has 0 aromatic rings. The van der Waals surface area contributed by atoms with Crippen LogP contribution in [0.3, 0.4) is 0 Å². The molecule has 0 saturated heterocycles. The lowest BCUT2D eigenvalue weighted by atomic mass is 10.4. The van der Waals surface area contributed by atoms with Crippen LogP contribution in [-0.4, -0.2) is 24.6 Å². The minimum atomic E-state index is -1.71. The van der Waals surface area contributed by atoms with E-state index in [0.717, 1.165) is 0 Å². The molecule has 0 aliphatic carbocycles. The molecule has 0 aliphatic heterocycles. The first-order chi connectivity index (χ1) is 4.16. The van der Waals surface area contributed by atoms with Gasteiger partial charge in [0.25, 0.3) is 0 Å². The zero-order valence-electron chi connectivity index (χ0n) is 5.28. The van der Waals surface area contributed by atoms with Crippen LogP contribution >= 0.6 is 8.03 Å². The highest BCUT2D eigenvalue weighted by atomic mass is 31.1. The Morgan fingerprint density at radius 3 is 2.78 bits per heavy atom. The van der Waals surface area contributed by atoms with Crippen molar-refractivity contribution in [3.8, 4) is 0 Å². The van der Waals surface area contributed by atoms with Crippen LogP contribution in [0.4, 0.5) is 0 Å². The Bertz CT molecular complexity index is 97.8. The highest BCUT2D eigenvalue weighted by Crippen LogP contribution is 2.18. The molecule has 0 rings (SSSR count). The summed E-state index contributed by atoms with van der Waals surface area (Å²) < 4.78 is 14.7. The second-order valence-corrected chi connectivity index (χ2v) is 2.67. The molecular weight excluding hydrogens is 141 g/mol. The number of hydrogen-bond acceptors (Lipinski definition) is 4. The topological polar surface area (TPSA) is 72.5 Å². The average Bonchev–Trinajstić information content (AvgIpc) is 1.63. The van der Waals surface area contributed by atoms with Crippen LogP contribution in [0.25, 0.3) is 0 Å². The highest BCUT2D eigenvalue weighted by molar-refractivity contribution is 7.38. The Morgan fingerprint density at radius 2 is 2.44 bits per heavy atom. The Morgan fingerprint density at radius 1 is 1.89 bits per heavy atom. The predicted molar refractivity (Wildman–Crippen MR) is 34.3 cm³/mol. The van der Waals surface area contributed by atoms with Crippen LogP contribution in [0.5, 0.6) is 0 Å². The molecule has 0 heterocycles. The Labute approximate surface area is 54.9 Å². The molecule has 0 aromatic heterocycles. The predicted octanol–water partition coefficient (Wildman–Crippen LogP) is 0.0424. The summed E-state index contributed by atoms with van der Waals surface area (Å²) in [6, 6.07) is 0. The highest BCUT2D eigenvalue weighted by Gasteiger charge is 2.14. The van der Waals surface area contributed by atoms with Crippen molar-refractivity contribution >= 4 is 8.03 Å². The molecule has 0 amide bonds. The minimum absolute atomic E-state index is 0.328. The zero-order valence-corrected chi connectivity index (χ0v) is 6.17. The van der Waals surface area contributed by atoms with Gasteiger partial charge < -0.3 is 10.8 Å². The number of hydrogen-bond donors (Lipinski definition) is 2. The molecule has 4 nitrogen and oxygen atoms in total. The van der Waals surface area contributed by atoms with E-state index in [4.69, 9.17) is 10.8 Å². The lowest BCUT2D eigenvalue weighted by Crippen LogP contribution is -2.13. The van der Waals surface area contributed by atoms with Crippen molar-refractivity contribution in [3.05, 3.63) is 0 Å². The molecule has 0 aromatic carbocycles. The smallest absolute Gasteiger partial charge is 0.364 e. The van der Waals surface area contributed by atoms with Gasteiger partial charge >= 0.3 is 8.03 Å². The van der Waals surface area contributed by atoms with Crippen molar-refractivity contribution in [3.63, 3.8) is 0 Å². The number of aliphatic hydroxyl groups excluding tert-OH is 1. The summed E-state index contributed by atoms with van der Waals surface area (Å²) in [7, 11) is -1.71. The van der Waals surface area contributed by atoms with E-state index in [9.17, 15) is 4.57 Å². The van der Waals surface area contributed by atoms with E-state index in [2.05, 4.69) is 4.52 Å². The van der Waals surface area contributed by atoms with Crippen LogP contribution in [0.2, 0.25) is 0 Å². The summed E-state index contributed by atoms with van der Waals surface area (Å²) in [5, 5.41) is 8.73. The molecule has 0 bridgehead atoms. The van der Waals surface area contributed by atoms with Crippen LogP contribution in [0, 0.1) is 0 Å². The quantitative estimate of drug-likeness (QED) is 0.440. The first-order valence-electron chi connectivity index (χ1n) is 2.62. The Balaban J connectivity index is 3.26. The molecule has 5 heteroatoms. The maximum Gasteiger partial charge on any atom is 0.507 e. The van der Waals surface area contributed by atoms with Crippen molar-refractivity contribution < 1.29 is 14.2 Å². The van der Waals surface area contributed by atoms with Crippen molar-refractivity contribution in [1.82, 2.24) is 0 Å². The molecule has 2 atom stereocenters. The van der Waals surface area contributed by atoms with Crippen LogP contribution in [0.1, 0.15) is 6.42 Å². The maximum atomic E-state index is 10.3. The summed E-state index contributed by atoms with van der Waals surface area (Å²) in [4.78, 5) is 0. The summed E-state index contributed by atoms with van der Waals surface area (Å²) >= 11 is 0. The van der Waals surface area contributed by atoms with Crippen molar-refractivity contribution in [2.75, 3.05) is 13.2 Å². The van der Waals surface area contributed by atoms with E-state index in [1.165, 1.54) is 6.66 Å². The van der Waals surface area contributed by atoms with E-state index < -0.39 is 14.3 Å². The van der Waals surface area contributed by atoms with Crippen LogP contribution in [0.15, 0.2) is 0 Å². The van der Waals surface area contributed by atoms with E-state index >= 15 is 0 Å². The van der Waals surface area contributed by atoms with Gasteiger partial charge in [0.15, 0.2) is 6.66 Å². The van der Waals surface area contributed by atoms with Crippen LogP contribution in [-0.2, 0) is 9.09 Å². The monoisotopic (exact) mass is 152 g/mol. The molecule has 0 fully saturated rings. The lowest BCUT2D eigenvalue weighted by Gasteiger charge is -1.98. The van der Waals surface area contributed by atoms with Gasteiger partial charge in [-0.1, -0.05) is 0 Å². The van der Waals surface area contributed by atoms with Crippen LogP contribution < -0.4 is 5.73 Å². The van der Waals surface area contributed by atoms with Crippen molar-refractivity contribution in [1.29, 1.82) is 0 Å². The maximum absolute atomic E-state index is 10.3. The summed E-state index contributed by atoms with van der Waals surface area (Å²) in [6.45, 7) is 1.72. The number of nitrogens with two attached hydrogens (primary N) is 1. The molecule has 3 N–H and O–H groups in total. The van der Waals surface area contributed by atoms with E-state index in [1.54, 1.807) is 0 Å². The van der Waals surface area contributed by atoms with Crippen molar-refractivity contribution in [2.45, 2.75) is 12.7 Å². The molecule has 9 heavy (non-hydrogen) atoms. The van der Waals surface area contributed by atoms with Gasteiger partial charge in [-0.15, -0.1) is 4.52 Å². The lowest BCUT2D eigenvalue weighted by molar-refractivity contribution is -0.0139. The average molecular weight is 152 g/mol. The molecule has 54 valence electrons. The molecule has 0 spiro atoms. The normalized spacial score (nSPS) is 15.2. The SMILES string of the molecule is C[P+](=O)OC(O)CCN. The number of rotatable bonds is 4. The van der Waals surface area contributed by atoms with E-state index in [1.807, 2.05) is 0 Å². The third kappa shape index (κ3) is 5.86. The van der Waals surface area contributed by atoms with Gasteiger partial charge in [0.05, 0.1) is 0 Å². The fourth-order valence-corrected chi connectivity index (χ4v) is 0.815. The minimum Gasteiger partial charge on any atom is -0.364 e. The fraction of sp³-hybridized carbons (Fsp3) is 1.00. The fourth-order valence-electron chi connectivity index (χ4n) is 0.367. The second-order valence-electron chi connectivity index (χ2n) is 1.58. The summed E-state index contributed by atoms with van der Waals surface area (Å²) in [6.07, 6.45) is -0.641. The van der Waals surface area contributed by atoms with E-state index in [0.29, 0.717) is 13.0 Å². The van der Waals surface area contributed by atoms with E-state index in [-0.39, 0.29) is 0 Å². The van der Waals surface area contributed by atoms with Gasteiger partial charge in [0.1, 0.15) is 0 Å². The van der Waals surface area contributed by atoms with Gasteiger partial charge in [-0.25, -0.2) is 0 Å². The second kappa shape index (κ2) is 4.82. The Kier molecular flexibility index (Phi) is 4.81. The van der Waals surface area contributed by atoms with Gasteiger partial charge in [-0.3, -0.25) is 0 Å². The largest absolute Gasteiger partial charge is 0.507 e. The van der Waals surface area contributed by atoms with Crippen molar-refractivity contribution in [2.24, 2.45) is 5.73 Å². The molecular formula is C4H11NO3P+. The summed E-state index contributed by atoms with van der Waals surface area (Å²) in [5.74, 6) is 0. The molecule has 0 radical (unpaired) electrons. The first kappa shape index (κ1) is 8.98. The third-order valence-electron chi connectivity index (χ3n) is 0.684. The molecule has 0 aliphatic rings. The van der Waals surface area contributed by atoms with Gasteiger partial charge in [0, 0.05) is 6.42 Å². The number of aliphatic hydroxyl groups is 1. The molecule has 0 saturated carbocycles. The zero-order chi connectivity index (χ0) is 7.28.